The van der Waals surface area contributed by atoms with Crippen LogP contribution >= 0.6 is 0 Å². The topological polar surface area (TPSA) is 66.4 Å². The van der Waals surface area contributed by atoms with Gasteiger partial charge in [0.15, 0.2) is 0 Å². The van der Waals surface area contributed by atoms with Crippen molar-refractivity contribution in [1.82, 2.24) is 5.32 Å². The quantitative estimate of drug-likeness (QED) is 0.776. The molecule has 3 aliphatic rings. The predicted octanol–water partition coefficient (Wildman–Crippen LogP) is 1.40. The Balaban J connectivity index is 1.48. The first-order valence-corrected chi connectivity index (χ1v) is 6.65. The number of carboxylic acid groups (broad SMARTS) is 1. The number of hydrogen-bond donors (Lipinski definition) is 2. The number of aliphatic carboxylic acids is 1. The summed E-state index contributed by atoms with van der Waals surface area (Å²) in [5.41, 5.74) is 0. The summed E-state index contributed by atoms with van der Waals surface area (Å²) in [5, 5.41) is 12.1. The van der Waals surface area contributed by atoms with Crippen molar-refractivity contribution in [1.29, 1.82) is 0 Å². The van der Waals surface area contributed by atoms with E-state index in [0.29, 0.717) is 24.2 Å². The van der Waals surface area contributed by atoms with E-state index in [1.807, 2.05) is 0 Å². The van der Waals surface area contributed by atoms with Crippen molar-refractivity contribution < 1.29 is 14.7 Å². The molecule has 3 rings (SSSR count). The maximum atomic E-state index is 11.7. The van der Waals surface area contributed by atoms with Crippen molar-refractivity contribution in [2.75, 3.05) is 0 Å². The third kappa shape index (κ3) is 2.17. The van der Waals surface area contributed by atoms with Gasteiger partial charge in [-0.05, 0) is 49.9 Å². The van der Waals surface area contributed by atoms with E-state index in [9.17, 15) is 9.59 Å². The van der Waals surface area contributed by atoms with Crippen LogP contribution in [0.3, 0.4) is 0 Å². The number of fused-ring (bicyclic) bond motifs is 1. The molecule has 0 spiro atoms. The van der Waals surface area contributed by atoms with Crippen molar-refractivity contribution in [3.63, 3.8) is 0 Å². The summed E-state index contributed by atoms with van der Waals surface area (Å²) in [6.07, 6.45) is 5.64. The van der Waals surface area contributed by atoms with Crippen LogP contribution in [0.2, 0.25) is 0 Å². The predicted molar refractivity (Wildman–Crippen MR) is 61.2 cm³/mol. The van der Waals surface area contributed by atoms with Gasteiger partial charge in [0.05, 0.1) is 5.92 Å². The highest BCUT2D eigenvalue weighted by molar-refractivity contribution is 5.77. The average molecular weight is 237 g/mol. The normalized spacial score (nSPS) is 39.3. The second kappa shape index (κ2) is 4.00. The lowest BCUT2D eigenvalue weighted by Crippen LogP contribution is -2.50. The zero-order chi connectivity index (χ0) is 12.0. The van der Waals surface area contributed by atoms with E-state index in [-0.39, 0.29) is 17.9 Å². The van der Waals surface area contributed by atoms with Gasteiger partial charge in [-0.2, -0.15) is 0 Å². The summed E-state index contributed by atoms with van der Waals surface area (Å²) in [7, 11) is 0. The lowest BCUT2D eigenvalue weighted by Gasteiger charge is -2.40. The molecule has 3 fully saturated rings. The van der Waals surface area contributed by atoms with E-state index < -0.39 is 5.97 Å². The van der Waals surface area contributed by atoms with E-state index in [0.717, 1.165) is 19.3 Å². The summed E-state index contributed by atoms with van der Waals surface area (Å²) in [6.45, 7) is 0. The van der Waals surface area contributed by atoms with Crippen LogP contribution in [0.15, 0.2) is 0 Å². The molecule has 4 unspecified atom stereocenters. The van der Waals surface area contributed by atoms with Gasteiger partial charge in [-0.3, -0.25) is 9.59 Å². The first-order valence-electron chi connectivity index (χ1n) is 6.65. The molecule has 3 aliphatic carbocycles. The standard InChI is InChI=1S/C13H19NO3/c15-12(3-7-1-2-7)14-11-6-8-4-9(13(16)17)5-10(8)11/h7-11H,1-6H2,(H,14,15)(H,16,17). The van der Waals surface area contributed by atoms with Gasteiger partial charge in [0.25, 0.3) is 0 Å². The first kappa shape index (κ1) is 11.1. The van der Waals surface area contributed by atoms with E-state index in [1.54, 1.807) is 0 Å². The van der Waals surface area contributed by atoms with E-state index in [1.165, 1.54) is 12.8 Å². The molecule has 17 heavy (non-hydrogen) atoms. The molecule has 0 aliphatic heterocycles. The Bertz CT molecular complexity index is 351. The molecule has 0 aromatic heterocycles. The number of amides is 1. The lowest BCUT2D eigenvalue weighted by molar-refractivity contribution is -0.141. The van der Waals surface area contributed by atoms with Crippen molar-refractivity contribution in [3.8, 4) is 0 Å². The molecule has 1 amide bonds. The third-order valence-corrected chi connectivity index (χ3v) is 4.69. The Labute approximate surface area is 101 Å². The van der Waals surface area contributed by atoms with Crippen molar-refractivity contribution in [2.24, 2.45) is 23.7 Å². The number of carbonyl (C=O) groups is 2. The summed E-state index contributed by atoms with van der Waals surface area (Å²) in [5.74, 6) is 0.940. The smallest absolute Gasteiger partial charge is 0.306 e. The number of carbonyl (C=O) groups excluding carboxylic acids is 1. The largest absolute Gasteiger partial charge is 0.481 e. The zero-order valence-corrected chi connectivity index (χ0v) is 9.89. The summed E-state index contributed by atoms with van der Waals surface area (Å²) >= 11 is 0. The van der Waals surface area contributed by atoms with Crippen LogP contribution < -0.4 is 5.32 Å². The van der Waals surface area contributed by atoms with E-state index in [2.05, 4.69) is 5.32 Å². The van der Waals surface area contributed by atoms with Gasteiger partial charge < -0.3 is 10.4 Å². The van der Waals surface area contributed by atoms with Gasteiger partial charge in [-0.1, -0.05) is 0 Å². The molecule has 4 heteroatoms. The molecular weight excluding hydrogens is 218 g/mol. The first-order chi connectivity index (χ1) is 8.13. The van der Waals surface area contributed by atoms with Gasteiger partial charge in [0.1, 0.15) is 0 Å². The van der Waals surface area contributed by atoms with Gasteiger partial charge in [0.2, 0.25) is 5.91 Å². The highest BCUT2D eigenvalue weighted by Gasteiger charge is 2.49. The van der Waals surface area contributed by atoms with Crippen molar-refractivity contribution >= 4 is 11.9 Å². The Morgan fingerprint density at radius 3 is 2.59 bits per heavy atom. The minimum absolute atomic E-state index is 0.171. The number of carboxylic acids is 1. The molecule has 4 nitrogen and oxygen atoms in total. The molecule has 94 valence electrons. The summed E-state index contributed by atoms with van der Waals surface area (Å²) < 4.78 is 0. The molecule has 0 radical (unpaired) electrons. The molecule has 2 N–H and O–H groups in total. The summed E-state index contributed by atoms with van der Waals surface area (Å²) in [4.78, 5) is 22.6. The third-order valence-electron chi connectivity index (χ3n) is 4.69. The van der Waals surface area contributed by atoms with Crippen LogP contribution in [0, 0.1) is 23.7 Å². The van der Waals surface area contributed by atoms with Gasteiger partial charge in [-0.25, -0.2) is 0 Å². The monoisotopic (exact) mass is 237 g/mol. The maximum Gasteiger partial charge on any atom is 0.306 e. The average Bonchev–Trinajstić information content (AvgIpc) is 2.97. The fraction of sp³-hybridized carbons (Fsp3) is 0.846. The molecule has 3 saturated carbocycles. The van der Waals surface area contributed by atoms with Gasteiger partial charge in [0, 0.05) is 12.5 Å². The van der Waals surface area contributed by atoms with Crippen LogP contribution in [0.1, 0.15) is 38.5 Å². The number of rotatable bonds is 4. The molecule has 0 bridgehead atoms. The van der Waals surface area contributed by atoms with E-state index >= 15 is 0 Å². The Kier molecular flexibility index (Phi) is 2.60. The second-order valence-electron chi connectivity index (χ2n) is 5.99. The summed E-state index contributed by atoms with van der Waals surface area (Å²) in [6, 6.07) is 0.260. The minimum atomic E-state index is -0.664. The van der Waals surface area contributed by atoms with Crippen LogP contribution in [-0.2, 0) is 9.59 Å². The van der Waals surface area contributed by atoms with Crippen LogP contribution in [0.25, 0.3) is 0 Å². The highest BCUT2D eigenvalue weighted by atomic mass is 16.4. The Hall–Kier alpha value is -1.06. The van der Waals surface area contributed by atoms with Gasteiger partial charge >= 0.3 is 5.97 Å². The van der Waals surface area contributed by atoms with Crippen molar-refractivity contribution in [2.45, 2.75) is 44.6 Å². The van der Waals surface area contributed by atoms with Crippen molar-refractivity contribution in [3.05, 3.63) is 0 Å². The fourth-order valence-electron chi connectivity index (χ4n) is 3.44. The van der Waals surface area contributed by atoms with Crippen LogP contribution in [0.4, 0.5) is 0 Å². The molecular formula is C13H19NO3. The Morgan fingerprint density at radius 2 is 1.94 bits per heavy atom. The molecule has 0 aromatic carbocycles. The molecule has 4 atom stereocenters. The number of nitrogens with one attached hydrogen (secondary N) is 1. The Morgan fingerprint density at radius 1 is 1.18 bits per heavy atom. The molecule has 0 heterocycles. The van der Waals surface area contributed by atoms with E-state index in [4.69, 9.17) is 5.11 Å². The van der Waals surface area contributed by atoms with Crippen LogP contribution in [0.5, 0.6) is 0 Å². The fourth-order valence-corrected chi connectivity index (χ4v) is 3.44. The molecule has 0 aromatic rings. The lowest BCUT2D eigenvalue weighted by atomic mass is 9.71. The maximum absolute atomic E-state index is 11.7. The van der Waals surface area contributed by atoms with Crippen LogP contribution in [-0.4, -0.2) is 23.0 Å². The highest BCUT2D eigenvalue weighted by Crippen LogP contribution is 2.49. The number of hydrogen-bond acceptors (Lipinski definition) is 2. The zero-order valence-electron chi connectivity index (χ0n) is 9.89. The van der Waals surface area contributed by atoms with Gasteiger partial charge in [-0.15, -0.1) is 0 Å². The minimum Gasteiger partial charge on any atom is -0.481 e. The molecule has 0 saturated heterocycles. The SMILES string of the molecule is O=C(CC1CC1)NC1CC2CC(C(=O)O)CC21. The second-order valence-corrected chi connectivity index (χ2v) is 5.99.